The Labute approximate surface area is 157 Å². The Morgan fingerprint density at radius 2 is 1.81 bits per heavy atom. The van der Waals surface area contributed by atoms with Gasteiger partial charge in [0.2, 0.25) is 15.9 Å². The van der Waals surface area contributed by atoms with E-state index in [0.29, 0.717) is 22.6 Å². The predicted molar refractivity (Wildman–Crippen MR) is 106 cm³/mol. The molecule has 3 aromatic rings. The first-order valence-corrected chi connectivity index (χ1v) is 9.98. The normalized spacial score (nSPS) is 11.2. The summed E-state index contributed by atoms with van der Waals surface area (Å²) in [6.45, 7) is -0.361. The van der Waals surface area contributed by atoms with Crippen molar-refractivity contribution in [2.45, 2.75) is 0 Å². The van der Waals surface area contributed by atoms with Crippen LogP contribution in [0.15, 0.2) is 60.8 Å². The maximum absolute atomic E-state index is 12.5. The van der Waals surface area contributed by atoms with Crippen molar-refractivity contribution in [3.8, 4) is 5.75 Å². The van der Waals surface area contributed by atoms with Crippen LogP contribution in [0.1, 0.15) is 0 Å². The molecular formula is C19H19N3O4S. The van der Waals surface area contributed by atoms with E-state index >= 15 is 0 Å². The lowest BCUT2D eigenvalue weighted by Gasteiger charge is -2.23. The van der Waals surface area contributed by atoms with Gasteiger partial charge < -0.3 is 10.1 Å². The number of para-hydroxylation sites is 1. The molecule has 3 rings (SSSR count). The van der Waals surface area contributed by atoms with Crippen molar-refractivity contribution in [2.75, 3.05) is 29.5 Å². The number of carbonyl (C=O) groups excluding carboxylic acids is 1. The molecule has 1 heterocycles. The van der Waals surface area contributed by atoms with Gasteiger partial charge in [0.1, 0.15) is 12.3 Å². The second-order valence-corrected chi connectivity index (χ2v) is 7.81. The molecule has 7 nitrogen and oxygen atoms in total. The first-order valence-electron chi connectivity index (χ1n) is 8.14. The molecule has 1 N–H and O–H groups in total. The number of anilines is 2. The van der Waals surface area contributed by atoms with Crippen molar-refractivity contribution < 1.29 is 17.9 Å². The first-order chi connectivity index (χ1) is 12.9. The van der Waals surface area contributed by atoms with Crippen LogP contribution < -0.4 is 14.4 Å². The molecule has 0 aliphatic carbocycles. The number of nitrogens with zero attached hydrogens (tertiary/aromatic N) is 2. The number of pyridine rings is 1. The highest BCUT2D eigenvalue weighted by molar-refractivity contribution is 7.92. The Kier molecular flexibility index (Phi) is 5.27. The molecule has 0 bridgehead atoms. The van der Waals surface area contributed by atoms with Gasteiger partial charge >= 0.3 is 0 Å². The second-order valence-electron chi connectivity index (χ2n) is 5.90. The Bertz CT molecular complexity index is 1060. The summed E-state index contributed by atoms with van der Waals surface area (Å²) in [5.41, 5.74) is 1.42. The predicted octanol–water partition coefficient (Wildman–Crippen LogP) is 2.65. The number of amides is 1. The van der Waals surface area contributed by atoms with E-state index in [1.54, 1.807) is 55.8 Å². The smallest absolute Gasteiger partial charge is 0.245 e. The van der Waals surface area contributed by atoms with Crippen molar-refractivity contribution in [3.63, 3.8) is 0 Å². The number of rotatable bonds is 6. The van der Waals surface area contributed by atoms with Crippen LogP contribution in [-0.4, -0.2) is 39.2 Å². The number of hydrogen-bond donors (Lipinski definition) is 1. The fraction of sp³-hybridized carbons (Fsp3) is 0.158. The second kappa shape index (κ2) is 7.63. The summed E-state index contributed by atoms with van der Waals surface area (Å²) in [4.78, 5) is 16.7. The number of ether oxygens (including phenoxy) is 1. The number of sulfonamides is 1. The number of fused-ring (bicyclic) bond motifs is 1. The lowest BCUT2D eigenvalue weighted by atomic mass is 10.2. The van der Waals surface area contributed by atoms with Crippen LogP contribution in [0.25, 0.3) is 10.9 Å². The van der Waals surface area contributed by atoms with Crippen molar-refractivity contribution in [1.29, 1.82) is 0 Å². The third-order valence-electron chi connectivity index (χ3n) is 3.94. The van der Waals surface area contributed by atoms with E-state index in [1.807, 2.05) is 12.1 Å². The van der Waals surface area contributed by atoms with Crippen molar-refractivity contribution in [3.05, 3.63) is 60.8 Å². The van der Waals surface area contributed by atoms with E-state index in [2.05, 4.69) is 10.3 Å². The molecule has 0 saturated heterocycles. The minimum Gasteiger partial charge on any atom is -0.497 e. The van der Waals surface area contributed by atoms with E-state index < -0.39 is 15.9 Å². The quantitative estimate of drug-likeness (QED) is 0.705. The average Bonchev–Trinajstić information content (AvgIpc) is 2.65. The molecular weight excluding hydrogens is 366 g/mol. The Morgan fingerprint density at radius 1 is 1.11 bits per heavy atom. The van der Waals surface area contributed by atoms with Crippen LogP contribution in [0.2, 0.25) is 0 Å². The number of nitrogens with one attached hydrogen (secondary N) is 1. The van der Waals surface area contributed by atoms with Crippen LogP contribution in [-0.2, 0) is 14.8 Å². The fourth-order valence-electron chi connectivity index (χ4n) is 2.68. The molecule has 140 valence electrons. The summed E-state index contributed by atoms with van der Waals surface area (Å²) >= 11 is 0. The maximum Gasteiger partial charge on any atom is 0.245 e. The third-order valence-corrected chi connectivity index (χ3v) is 5.07. The first kappa shape index (κ1) is 18.7. The van der Waals surface area contributed by atoms with E-state index in [1.165, 1.54) is 0 Å². The zero-order valence-corrected chi connectivity index (χ0v) is 15.7. The van der Waals surface area contributed by atoms with E-state index in [0.717, 1.165) is 15.9 Å². The monoisotopic (exact) mass is 385 g/mol. The molecule has 0 aliphatic heterocycles. The summed E-state index contributed by atoms with van der Waals surface area (Å²) < 4.78 is 30.8. The number of carbonyl (C=O) groups is 1. The molecule has 0 atom stereocenters. The van der Waals surface area contributed by atoms with Gasteiger partial charge in [-0.25, -0.2) is 8.42 Å². The average molecular weight is 385 g/mol. The molecule has 0 spiro atoms. The number of aromatic nitrogens is 1. The molecule has 0 radical (unpaired) electrons. The zero-order chi connectivity index (χ0) is 19.4. The molecule has 0 saturated carbocycles. The molecule has 1 aromatic heterocycles. The van der Waals surface area contributed by atoms with Gasteiger partial charge in [-0.3, -0.25) is 14.1 Å². The molecule has 0 fully saturated rings. The minimum atomic E-state index is -3.69. The van der Waals surface area contributed by atoms with E-state index in [-0.39, 0.29) is 6.54 Å². The van der Waals surface area contributed by atoms with Gasteiger partial charge in [-0.1, -0.05) is 18.2 Å². The standard InChI is InChI=1S/C19H19N3O4S/c1-26-16-10-8-15(9-11-16)21-18(23)13-22(27(2,24)25)17-7-3-5-14-6-4-12-20-19(14)17/h3-12H,13H2,1-2H3,(H,21,23). The van der Waals surface area contributed by atoms with Crippen LogP contribution in [0.3, 0.4) is 0 Å². The van der Waals surface area contributed by atoms with Gasteiger partial charge in [0, 0.05) is 17.3 Å². The topological polar surface area (TPSA) is 88.6 Å². The highest BCUT2D eigenvalue weighted by Crippen LogP contribution is 2.26. The molecule has 27 heavy (non-hydrogen) atoms. The lowest BCUT2D eigenvalue weighted by molar-refractivity contribution is -0.114. The third kappa shape index (κ3) is 4.35. The summed E-state index contributed by atoms with van der Waals surface area (Å²) in [6, 6.07) is 15.6. The van der Waals surface area contributed by atoms with E-state index in [9.17, 15) is 13.2 Å². The van der Waals surface area contributed by atoms with Crippen LogP contribution in [0.4, 0.5) is 11.4 Å². The molecule has 0 unspecified atom stereocenters. The van der Waals surface area contributed by atoms with Gasteiger partial charge in [-0.05, 0) is 36.4 Å². The molecule has 1 amide bonds. The number of hydrogen-bond acceptors (Lipinski definition) is 5. The number of benzene rings is 2. The number of methoxy groups -OCH3 is 1. The van der Waals surface area contributed by atoms with E-state index in [4.69, 9.17) is 4.74 Å². The van der Waals surface area contributed by atoms with Crippen molar-refractivity contribution in [2.24, 2.45) is 0 Å². The van der Waals surface area contributed by atoms with Crippen molar-refractivity contribution in [1.82, 2.24) is 4.98 Å². The van der Waals surface area contributed by atoms with Gasteiger partial charge in [0.05, 0.1) is 24.6 Å². The van der Waals surface area contributed by atoms with Crippen LogP contribution in [0.5, 0.6) is 5.75 Å². The molecule has 8 heteroatoms. The highest BCUT2D eigenvalue weighted by atomic mass is 32.2. The Balaban J connectivity index is 1.88. The SMILES string of the molecule is COc1ccc(NC(=O)CN(c2cccc3cccnc23)S(C)(=O)=O)cc1. The molecule has 0 aliphatic rings. The summed E-state index contributed by atoms with van der Waals surface area (Å²) in [6.07, 6.45) is 2.65. The van der Waals surface area contributed by atoms with Gasteiger partial charge in [0.15, 0.2) is 0 Å². The fourth-order valence-corrected chi connectivity index (χ4v) is 3.53. The van der Waals surface area contributed by atoms with Crippen molar-refractivity contribution >= 4 is 38.2 Å². The zero-order valence-electron chi connectivity index (χ0n) is 14.9. The molecule has 2 aromatic carbocycles. The Morgan fingerprint density at radius 3 is 2.48 bits per heavy atom. The summed E-state index contributed by atoms with van der Waals surface area (Å²) in [7, 11) is -2.14. The van der Waals surface area contributed by atoms with Gasteiger partial charge in [-0.15, -0.1) is 0 Å². The largest absolute Gasteiger partial charge is 0.497 e. The summed E-state index contributed by atoms with van der Waals surface area (Å²) in [5, 5.41) is 3.48. The van der Waals surface area contributed by atoms with Gasteiger partial charge in [0.25, 0.3) is 0 Å². The van der Waals surface area contributed by atoms with Crippen LogP contribution in [0, 0.1) is 0 Å². The minimum absolute atomic E-state index is 0.361. The Hall–Kier alpha value is -3.13. The maximum atomic E-state index is 12.5. The lowest BCUT2D eigenvalue weighted by Crippen LogP contribution is -2.37. The van der Waals surface area contributed by atoms with Gasteiger partial charge in [-0.2, -0.15) is 0 Å². The van der Waals surface area contributed by atoms with Crippen LogP contribution >= 0.6 is 0 Å². The summed E-state index contributed by atoms with van der Waals surface area (Å²) in [5.74, 6) is 0.200. The highest BCUT2D eigenvalue weighted by Gasteiger charge is 2.23.